The molecule has 0 heterocycles. The highest BCUT2D eigenvalue weighted by Crippen LogP contribution is 2.61. The Morgan fingerprint density at radius 2 is 1.51 bits per heavy atom. The van der Waals surface area contributed by atoms with E-state index in [0.717, 1.165) is 35.3 Å². The monoisotopic (exact) mass is 498 g/mol. The van der Waals surface area contributed by atoms with Gasteiger partial charge in [0.2, 0.25) is 0 Å². The van der Waals surface area contributed by atoms with Gasteiger partial charge in [-0.05, 0) is 125 Å². The molecule has 194 valence electrons. The van der Waals surface area contributed by atoms with Gasteiger partial charge < -0.3 is 14.2 Å². The van der Waals surface area contributed by atoms with Crippen molar-refractivity contribution in [3.8, 4) is 11.1 Å². The van der Waals surface area contributed by atoms with Gasteiger partial charge in [-0.2, -0.15) is 0 Å². The molecule has 4 nitrogen and oxygen atoms in total. The maximum atomic E-state index is 11.9. The molecule has 0 amide bonds. The van der Waals surface area contributed by atoms with E-state index >= 15 is 0 Å². The van der Waals surface area contributed by atoms with Gasteiger partial charge in [0.15, 0.2) is 0 Å². The molecular weight excluding hydrogens is 460 g/mol. The molecule has 0 N–H and O–H groups in total. The maximum Gasteiger partial charge on any atom is 0.337 e. The zero-order valence-corrected chi connectivity index (χ0v) is 22.3. The highest BCUT2D eigenvalue weighted by atomic mass is 16.7. The third-order valence-corrected chi connectivity index (χ3v) is 9.36. The van der Waals surface area contributed by atoms with E-state index in [1.807, 2.05) is 24.3 Å². The summed E-state index contributed by atoms with van der Waals surface area (Å²) in [6, 6.07) is 19.3. The van der Waals surface area contributed by atoms with Gasteiger partial charge in [-0.25, -0.2) is 4.79 Å². The average Bonchev–Trinajstić information content (AvgIpc) is 2.91. The Hall–Kier alpha value is -2.69. The van der Waals surface area contributed by atoms with Gasteiger partial charge in [-0.15, -0.1) is 0 Å². The molecule has 4 saturated carbocycles. The van der Waals surface area contributed by atoms with E-state index < -0.39 is 0 Å². The van der Waals surface area contributed by atoms with Crippen molar-refractivity contribution in [3.63, 3.8) is 0 Å². The first-order valence-electron chi connectivity index (χ1n) is 13.9. The number of fused-ring (bicyclic) bond motifs is 1. The number of ether oxygens (including phenoxy) is 3. The molecule has 7 rings (SSSR count). The van der Waals surface area contributed by atoms with E-state index in [-0.39, 0.29) is 17.5 Å². The predicted molar refractivity (Wildman–Crippen MR) is 147 cm³/mol. The van der Waals surface area contributed by atoms with E-state index in [4.69, 9.17) is 14.2 Å². The minimum Gasteiger partial charge on any atom is -0.465 e. The van der Waals surface area contributed by atoms with E-state index in [1.54, 1.807) is 7.11 Å². The van der Waals surface area contributed by atoms with Gasteiger partial charge >= 0.3 is 5.97 Å². The Kier molecular flexibility index (Phi) is 6.58. The lowest BCUT2D eigenvalue weighted by Gasteiger charge is -2.57. The zero-order chi connectivity index (χ0) is 25.6. The highest BCUT2D eigenvalue weighted by Gasteiger charge is 2.52. The van der Waals surface area contributed by atoms with Crippen molar-refractivity contribution in [2.45, 2.75) is 63.4 Å². The normalized spacial score (nSPS) is 26.9. The summed E-state index contributed by atoms with van der Waals surface area (Å²) in [5.41, 5.74) is 6.01. The molecule has 4 bridgehead atoms. The van der Waals surface area contributed by atoms with E-state index in [0.29, 0.717) is 12.4 Å². The summed E-state index contributed by atoms with van der Waals surface area (Å²) in [4.78, 5) is 11.9. The molecule has 0 aliphatic heterocycles. The summed E-state index contributed by atoms with van der Waals surface area (Å²) < 4.78 is 16.4. The Balaban J connectivity index is 1.45. The highest BCUT2D eigenvalue weighted by molar-refractivity contribution is 5.91. The van der Waals surface area contributed by atoms with Crippen LogP contribution in [0.4, 0.5) is 0 Å². The lowest BCUT2D eigenvalue weighted by molar-refractivity contribution is -0.0759. The number of carbonyl (C=O) groups is 1. The molecule has 4 aliphatic carbocycles. The molecular formula is C33H38O4. The van der Waals surface area contributed by atoms with Crippen molar-refractivity contribution in [2.75, 3.05) is 21.0 Å². The predicted octanol–water partition coefficient (Wildman–Crippen LogP) is 7.83. The molecule has 3 aromatic carbocycles. The largest absolute Gasteiger partial charge is 0.465 e. The van der Waals surface area contributed by atoms with Crippen molar-refractivity contribution in [3.05, 3.63) is 71.3 Å². The third-order valence-electron chi connectivity index (χ3n) is 9.36. The molecule has 0 spiro atoms. The van der Waals surface area contributed by atoms with Crippen molar-refractivity contribution < 1.29 is 19.0 Å². The van der Waals surface area contributed by atoms with Crippen LogP contribution in [0.5, 0.6) is 0 Å². The Bertz CT molecular complexity index is 1260. The van der Waals surface area contributed by atoms with Gasteiger partial charge in [-0.1, -0.05) is 37.3 Å². The summed E-state index contributed by atoms with van der Waals surface area (Å²) >= 11 is 0. The van der Waals surface area contributed by atoms with Crippen molar-refractivity contribution in [2.24, 2.45) is 17.8 Å². The number of rotatable bonds is 8. The fraction of sp³-hybridized carbons (Fsp3) is 0.485. The number of methoxy groups -OCH3 is 2. The van der Waals surface area contributed by atoms with Gasteiger partial charge in [0, 0.05) is 7.11 Å². The first-order valence-corrected chi connectivity index (χ1v) is 13.9. The van der Waals surface area contributed by atoms with Gasteiger partial charge in [0.25, 0.3) is 0 Å². The molecule has 3 aromatic rings. The molecule has 1 atom stereocenters. The van der Waals surface area contributed by atoms with E-state index in [2.05, 4.69) is 37.3 Å². The maximum absolute atomic E-state index is 11.9. The molecule has 0 radical (unpaired) electrons. The number of benzene rings is 3. The lowest BCUT2D eigenvalue weighted by atomic mass is 9.47. The Labute approximate surface area is 220 Å². The van der Waals surface area contributed by atoms with Crippen molar-refractivity contribution in [1.29, 1.82) is 0 Å². The lowest BCUT2D eigenvalue weighted by Crippen LogP contribution is -2.49. The fourth-order valence-corrected chi connectivity index (χ4v) is 8.16. The third kappa shape index (κ3) is 4.49. The van der Waals surface area contributed by atoms with Crippen LogP contribution in [0.15, 0.2) is 54.6 Å². The zero-order valence-electron chi connectivity index (χ0n) is 22.3. The van der Waals surface area contributed by atoms with Crippen molar-refractivity contribution >= 4 is 16.7 Å². The second kappa shape index (κ2) is 9.89. The second-order valence-electron chi connectivity index (χ2n) is 11.7. The van der Waals surface area contributed by atoms with Crippen LogP contribution in [-0.4, -0.2) is 27.0 Å². The quantitative estimate of drug-likeness (QED) is 0.234. The van der Waals surface area contributed by atoms with Crippen LogP contribution in [0.1, 0.15) is 79.5 Å². The van der Waals surface area contributed by atoms with Crippen LogP contribution >= 0.6 is 0 Å². The molecule has 37 heavy (non-hydrogen) atoms. The van der Waals surface area contributed by atoms with Gasteiger partial charge in [0.1, 0.15) is 6.79 Å². The smallest absolute Gasteiger partial charge is 0.337 e. The summed E-state index contributed by atoms with van der Waals surface area (Å²) in [6.45, 7) is 2.53. The van der Waals surface area contributed by atoms with E-state index in [9.17, 15) is 4.79 Å². The van der Waals surface area contributed by atoms with Crippen LogP contribution in [0.3, 0.4) is 0 Å². The molecule has 0 aromatic heterocycles. The number of esters is 1. The minimum absolute atomic E-state index is 0.0397. The van der Waals surface area contributed by atoms with E-state index in [1.165, 1.54) is 67.5 Å². The molecule has 0 saturated heterocycles. The fourth-order valence-electron chi connectivity index (χ4n) is 8.16. The van der Waals surface area contributed by atoms with Crippen LogP contribution in [-0.2, 0) is 19.6 Å². The summed E-state index contributed by atoms with van der Waals surface area (Å²) in [5, 5.41) is 2.53. The summed E-state index contributed by atoms with van der Waals surface area (Å²) in [7, 11) is 3.12. The summed E-state index contributed by atoms with van der Waals surface area (Å²) in [6.07, 6.45) is 9.26. The topological polar surface area (TPSA) is 44.8 Å². The first-order chi connectivity index (χ1) is 18.0. The van der Waals surface area contributed by atoms with Crippen LogP contribution in [0.2, 0.25) is 0 Å². The first kappa shape index (κ1) is 24.6. The standard InChI is InChI=1S/C33H38O4/c1-4-31(37-20-35-2)29-15-27-10-9-26(24-5-7-25(8-6-24)32(34)36-3)14-28(27)16-30(29)33-17-21-11-22(18-33)13-23(12-21)19-33/h5-10,14-16,21-23,31H,4,11-13,17-20H2,1-3H3. The summed E-state index contributed by atoms with van der Waals surface area (Å²) in [5.74, 6) is 2.34. The molecule has 4 aliphatic rings. The number of hydrogen-bond acceptors (Lipinski definition) is 4. The minimum atomic E-state index is -0.307. The molecule has 4 fully saturated rings. The van der Waals surface area contributed by atoms with Gasteiger partial charge in [-0.3, -0.25) is 0 Å². The van der Waals surface area contributed by atoms with Gasteiger partial charge in [0.05, 0.1) is 18.8 Å². The number of hydrogen-bond donors (Lipinski definition) is 0. The van der Waals surface area contributed by atoms with Crippen LogP contribution in [0.25, 0.3) is 21.9 Å². The second-order valence-corrected chi connectivity index (χ2v) is 11.7. The molecule has 1 unspecified atom stereocenters. The Morgan fingerprint density at radius 1 is 0.865 bits per heavy atom. The Morgan fingerprint density at radius 3 is 2.11 bits per heavy atom. The molecule has 4 heteroatoms. The van der Waals surface area contributed by atoms with Crippen LogP contribution < -0.4 is 0 Å². The van der Waals surface area contributed by atoms with Crippen molar-refractivity contribution in [1.82, 2.24) is 0 Å². The average molecular weight is 499 g/mol. The SMILES string of the molecule is CCC(OCOC)c1cc2ccc(-c3ccc(C(=O)OC)cc3)cc2cc1C12CC3CC(CC(C3)C1)C2. The van der Waals surface area contributed by atoms with Crippen LogP contribution in [0, 0.1) is 17.8 Å². The number of carbonyl (C=O) groups excluding carboxylic acids is 1.